The van der Waals surface area contributed by atoms with Gasteiger partial charge in [0.2, 0.25) is 0 Å². The maximum atomic E-state index is 6.47. The van der Waals surface area contributed by atoms with Crippen molar-refractivity contribution in [2.24, 2.45) is 0 Å². The summed E-state index contributed by atoms with van der Waals surface area (Å²) in [5.41, 5.74) is 19.9. The average Bonchev–Trinajstić information content (AvgIpc) is 3.79. The fraction of sp³-hybridized carbons (Fsp3) is 0.0526. The summed E-state index contributed by atoms with van der Waals surface area (Å²) in [6.07, 6.45) is 0. The van der Waals surface area contributed by atoms with Crippen molar-refractivity contribution in [1.29, 1.82) is 0 Å². The summed E-state index contributed by atoms with van der Waals surface area (Å²) in [6, 6.07) is 76.7. The molecule has 0 aliphatic heterocycles. The zero-order valence-corrected chi connectivity index (χ0v) is 33.1. The van der Waals surface area contributed by atoms with Crippen LogP contribution in [0.5, 0.6) is 0 Å². The minimum atomic E-state index is 0.00851. The van der Waals surface area contributed by atoms with Gasteiger partial charge in [-0.3, -0.25) is 0 Å². The van der Waals surface area contributed by atoms with Gasteiger partial charge in [-0.2, -0.15) is 0 Å². The lowest BCUT2D eigenvalue weighted by molar-refractivity contribution is 0.660. The number of hydrogen-bond donors (Lipinski definition) is 0. The van der Waals surface area contributed by atoms with Gasteiger partial charge < -0.3 is 9.32 Å². The van der Waals surface area contributed by atoms with Gasteiger partial charge in [-0.1, -0.05) is 178 Å². The highest BCUT2D eigenvalue weighted by Gasteiger charge is 2.35. The van der Waals surface area contributed by atoms with Gasteiger partial charge in [0, 0.05) is 38.8 Å². The Kier molecular flexibility index (Phi) is 8.20. The lowest BCUT2D eigenvalue weighted by Gasteiger charge is -2.26. The van der Waals surface area contributed by atoms with Gasteiger partial charge in [0.15, 0.2) is 0 Å². The van der Waals surface area contributed by atoms with Crippen LogP contribution in [0.3, 0.4) is 0 Å². The van der Waals surface area contributed by atoms with E-state index in [4.69, 9.17) is 4.42 Å². The Balaban J connectivity index is 0.941. The molecule has 0 saturated carbocycles. The minimum absolute atomic E-state index is 0.00851. The van der Waals surface area contributed by atoms with Crippen LogP contribution in [0.4, 0.5) is 17.1 Å². The fourth-order valence-electron chi connectivity index (χ4n) is 9.23. The number of anilines is 3. The monoisotopic (exact) mass is 755 g/mol. The van der Waals surface area contributed by atoms with Gasteiger partial charge in [-0.05, 0) is 110 Å². The summed E-state index contributed by atoms with van der Waals surface area (Å²) in [4.78, 5) is 2.34. The molecular weight excluding hydrogens is 715 g/mol. The minimum Gasteiger partial charge on any atom is -0.455 e. The molecule has 10 aromatic rings. The summed E-state index contributed by atoms with van der Waals surface area (Å²) >= 11 is 0. The van der Waals surface area contributed by atoms with Crippen LogP contribution in [-0.2, 0) is 5.41 Å². The second-order valence-electron chi connectivity index (χ2n) is 16.1. The molecule has 2 nitrogen and oxygen atoms in total. The zero-order valence-electron chi connectivity index (χ0n) is 33.1. The van der Waals surface area contributed by atoms with E-state index >= 15 is 0 Å². The topological polar surface area (TPSA) is 16.4 Å². The van der Waals surface area contributed by atoms with Gasteiger partial charge in [0.1, 0.15) is 11.2 Å². The molecule has 9 aromatic carbocycles. The van der Waals surface area contributed by atoms with Gasteiger partial charge >= 0.3 is 0 Å². The van der Waals surface area contributed by atoms with Crippen LogP contribution < -0.4 is 4.90 Å². The molecule has 0 saturated heterocycles. The van der Waals surface area contributed by atoms with E-state index in [9.17, 15) is 0 Å². The molecule has 0 spiro atoms. The number of nitrogens with zero attached hydrogens (tertiary/aromatic N) is 1. The van der Waals surface area contributed by atoms with Crippen LogP contribution in [0.1, 0.15) is 25.0 Å². The maximum absolute atomic E-state index is 6.47. The maximum Gasteiger partial charge on any atom is 0.143 e. The Morgan fingerprint density at radius 1 is 0.339 bits per heavy atom. The molecule has 11 rings (SSSR count). The molecule has 0 fully saturated rings. The van der Waals surface area contributed by atoms with E-state index in [2.05, 4.69) is 219 Å². The van der Waals surface area contributed by atoms with E-state index in [-0.39, 0.29) is 5.41 Å². The highest BCUT2D eigenvalue weighted by molar-refractivity contribution is 6.09. The van der Waals surface area contributed by atoms with Crippen LogP contribution in [0.2, 0.25) is 0 Å². The zero-order chi connectivity index (χ0) is 39.5. The third kappa shape index (κ3) is 5.96. The van der Waals surface area contributed by atoms with Gasteiger partial charge in [-0.25, -0.2) is 0 Å². The van der Waals surface area contributed by atoms with Crippen molar-refractivity contribution in [2.75, 3.05) is 4.90 Å². The predicted molar refractivity (Wildman–Crippen MR) is 248 cm³/mol. The van der Waals surface area contributed by atoms with Crippen LogP contribution in [0.25, 0.3) is 77.6 Å². The van der Waals surface area contributed by atoms with Crippen LogP contribution in [-0.4, -0.2) is 0 Å². The number of furan rings is 1. The predicted octanol–water partition coefficient (Wildman–Crippen LogP) is 16.0. The third-order valence-electron chi connectivity index (χ3n) is 12.3. The van der Waals surface area contributed by atoms with E-state index in [1.807, 2.05) is 12.1 Å². The van der Waals surface area contributed by atoms with E-state index in [1.54, 1.807) is 0 Å². The van der Waals surface area contributed by atoms with Crippen molar-refractivity contribution >= 4 is 39.0 Å². The fourth-order valence-corrected chi connectivity index (χ4v) is 9.23. The van der Waals surface area contributed by atoms with E-state index < -0.39 is 0 Å². The smallest absolute Gasteiger partial charge is 0.143 e. The normalized spacial score (nSPS) is 12.7. The van der Waals surface area contributed by atoms with Crippen molar-refractivity contribution in [3.05, 3.63) is 223 Å². The molecule has 1 heterocycles. The van der Waals surface area contributed by atoms with E-state index in [1.165, 1.54) is 55.6 Å². The summed E-state index contributed by atoms with van der Waals surface area (Å²) in [5, 5.41) is 2.26. The van der Waals surface area contributed by atoms with E-state index in [0.29, 0.717) is 0 Å². The molecule has 2 heteroatoms. The average molecular weight is 756 g/mol. The second kappa shape index (κ2) is 13.9. The van der Waals surface area contributed by atoms with E-state index in [0.717, 1.165) is 50.1 Å². The number of benzene rings is 9. The van der Waals surface area contributed by atoms with Crippen molar-refractivity contribution in [1.82, 2.24) is 0 Å². The lowest BCUT2D eigenvalue weighted by Crippen LogP contribution is -2.14. The Morgan fingerprint density at radius 3 is 1.58 bits per heavy atom. The Bertz CT molecular complexity index is 3150. The SMILES string of the molecule is CC1(C)c2ccccc2-c2cc(-c3ccc(-c4ccc(N(c5ccc(-c6ccccc6)cc5)c5cccc(-c6cccc7c6oc6ccccc67)c5)cc4)cc3)ccc21. The van der Waals surface area contributed by atoms with Crippen LogP contribution in [0.15, 0.2) is 217 Å². The number of fused-ring (bicyclic) bond motifs is 6. The summed E-state index contributed by atoms with van der Waals surface area (Å²) in [5.74, 6) is 0. The standard InChI is InChI=1S/C57H41NO/c1-57(2)53-20-8-6-16-49(53)52-37-43(30-35-54(52)57)42-24-22-39(23-25-42)41-28-33-46(34-29-41)58(45-31-26-40(27-32-45)38-12-4-3-5-13-38)47-15-10-14-44(36-47)48-18-11-19-51-50-17-7-9-21-55(50)59-56(48)51/h3-37H,1-2H3. The first kappa shape index (κ1) is 34.8. The van der Waals surface area contributed by atoms with Crippen LogP contribution in [0, 0.1) is 0 Å². The Morgan fingerprint density at radius 2 is 0.847 bits per heavy atom. The van der Waals surface area contributed by atoms with Crippen LogP contribution >= 0.6 is 0 Å². The van der Waals surface area contributed by atoms with Gasteiger partial charge in [0.25, 0.3) is 0 Å². The first-order valence-corrected chi connectivity index (χ1v) is 20.4. The second-order valence-corrected chi connectivity index (χ2v) is 16.1. The molecule has 0 amide bonds. The van der Waals surface area contributed by atoms with Gasteiger partial charge in [0.05, 0.1) is 0 Å². The summed E-state index contributed by atoms with van der Waals surface area (Å²) in [6.45, 7) is 4.67. The third-order valence-corrected chi connectivity index (χ3v) is 12.3. The Labute approximate surface area is 345 Å². The molecule has 0 radical (unpaired) electrons. The first-order valence-electron chi connectivity index (χ1n) is 20.4. The molecule has 1 aliphatic carbocycles. The van der Waals surface area contributed by atoms with Crippen molar-refractivity contribution in [2.45, 2.75) is 19.3 Å². The molecule has 0 N–H and O–H groups in total. The van der Waals surface area contributed by atoms with Gasteiger partial charge in [-0.15, -0.1) is 0 Å². The number of hydrogen-bond acceptors (Lipinski definition) is 2. The molecule has 0 unspecified atom stereocenters. The summed E-state index contributed by atoms with van der Waals surface area (Å²) in [7, 11) is 0. The van der Waals surface area contributed by atoms with Crippen molar-refractivity contribution in [3.8, 4) is 55.6 Å². The van der Waals surface area contributed by atoms with Crippen molar-refractivity contribution in [3.63, 3.8) is 0 Å². The first-order chi connectivity index (χ1) is 29.0. The number of rotatable bonds is 7. The molecule has 0 atom stereocenters. The lowest BCUT2D eigenvalue weighted by atomic mass is 9.82. The highest BCUT2D eigenvalue weighted by atomic mass is 16.3. The van der Waals surface area contributed by atoms with Crippen molar-refractivity contribution < 1.29 is 4.42 Å². The molecule has 280 valence electrons. The molecule has 1 aliphatic rings. The molecular formula is C57H41NO. The summed E-state index contributed by atoms with van der Waals surface area (Å²) < 4.78 is 6.47. The highest BCUT2D eigenvalue weighted by Crippen LogP contribution is 2.49. The quantitative estimate of drug-likeness (QED) is 0.161. The molecule has 59 heavy (non-hydrogen) atoms. The molecule has 0 bridgehead atoms. The molecule has 1 aromatic heterocycles. The largest absolute Gasteiger partial charge is 0.455 e. The number of para-hydroxylation sites is 2. The Hall–Kier alpha value is -7.42.